The van der Waals surface area contributed by atoms with E-state index in [0.29, 0.717) is 0 Å². The molecule has 0 unspecified atom stereocenters. The molecule has 0 saturated heterocycles. The second-order valence-electron chi connectivity index (χ2n) is 4.40. The molecule has 0 saturated carbocycles. The maximum Gasteiger partial charge on any atom is 0.0409 e. The van der Waals surface area contributed by atoms with Crippen LogP contribution in [0.2, 0.25) is 5.02 Å². The fourth-order valence-electron chi connectivity index (χ4n) is 1.20. The highest BCUT2D eigenvalue weighted by Crippen LogP contribution is 2.31. The number of rotatable bonds is 1. The summed E-state index contributed by atoms with van der Waals surface area (Å²) >= 11 is 5.88. The molecule has 2 heteroatoms. The molecule has 1 aromatic carbocycles. The van der Waals surface area contributed by atoms with Gasteiger partial charge in [0, 0.05) is 11.1 Å². The van der Waals surface area contributed by atoms with Crippen molar-refractivity contribution in [3.05, 3.63) is 34.9 Å². The molecule has 0 amide bonds. The van der Waals surface area contributed by atoms with Crippen molar-refractivity contribution in [2.45, 2.75) is 26.8 Å². The van der Waals surface area contributed by atoms with Gasteiger partial charge in [0.15, 0.2) is 0 Å². The molecular formula is C11H16ClN. The molecule has 0 bridgehead atoms. The Morgan fingerprint density at radius 2 is 1.92 bits per heavy atom. The van der Waals surface area contributed by atoms with Gasteiger partial charge >= 0.3 is 0 Å². The van der Waals surface area contributed by atoms with Gasteiger partial charge in [0.2, 0.25) is 0 Å². The van der Waals surface area contributed by atoms with Crippen LogP contribution in [0.25, 0.3) is 0 Å². The third-order valence-corrected chi connectivity index (χ3v) is 2.38. The zero-order valence-corrected chi connectivity index (χ0v) is 9.10. The van der Waals surface area contributed by atoms with Crippen LogP contribution in [0.3, 0.4) is 0 Å². The maximum atomic E-state index is 6.08. The fraction of sp³-hybridized carbons (Fsp3) is 0.455. The minimum absolute atomic E-state index is 0.0335. The average Bonchev–Trinajstić information content (AvgIpc) is 2.01. The van der Waals surface area contributed by atoms with E-state index < -0.39 is 0 Å². The fourth-order valence-corrected chi connectivity index (χ4v) is 1.40. The summed E-state index contributed by atoms with van der Waals surface area (Å²) in [6.45, 7) is 6.37. The van der Waals surface area contributed by atoms with Crippen molar-refractivity contribution in [1.82, 2.24) is 0 Å². The van der Waals surface area contributed by atoms with E-state index in [9.17, 15) is 0 Å². The maximum absolute atomic E-state index is 6.08. The van der Waals surface area contributed by atoms with Crippen molar-refractivity contribution in [3.63, 3.8) is 0 Å². The summed E-state index contributed by atoms with van der Waals surface area (Å²) in [5.74, 6) is 0. The van der Waals surface area contributed by atoms with Crippen LogP contribution in [-0.4, -0.2) is 0 Å². The number of halogens is 1. The van der Waals surface area contributed by atoms with Crippen LogP contribution in [0.4, 0.5) is 0 Å². The third-order valence-electron chi connectivity index (χ3n) is 2.14. The Balaban J connectivity index is 2.96. The number of nitrogens with two attached hydrogens (primary N) is 1. The Hall–Kier alpha value is -0.530. The van der Waals surface area contributed by atoms with E-state index in [1.54, 1.807) is 0 Å². The van der Waals surface area contributed by atoms with Crippen molar-refractivity contribution >= 4 is 11.6 Å². The lowest BCUT2D eigenvalue weighted by Gasteiger charge is -2.27. The van der Waals surface area contributed by atoms with Gasteiger partial charge in [0.25, 0.3) is 0 Å². The quantitative estimate of drug-likeness (QED) is 0.734. The van der Waals surface area contributed by atoms with Crippen molar-refractivity contribution in [1.29, 1.82) is 0 Å². The molecule has 1 atom stereocenters. The Morgan fingerprint density at radius 1 is 1.31 bits per heavy atom. The van der Waals surface area contributed by atoms with Gasteiger partial charge in [-0.3, -0.25) is 0 Å². The lowest BCUT2D eigenvalue weighted by molar-refractivity contribution is 0.327. The normalized spacial score (nSPS) is 14.2. The van der Waals surface area contributed by atoms with Gasteiger partial charge in [-0.05, 0) is 23.1 Å². The van der Waals surface area contributed by atoms with E-state index in [-0.39, 0.29) is 11.5 Å². The van der Waals surface area contributed by atoms with Crippen LogP contribution in [-0.2, 0) is 0 Å². The van der Waals surface area contributed by atoms with Gasteiger partial charge in [0.05, 0.1) is 0 Å². The standard InChI is InChI=1S/C11H16ClN/c1-11(2,3)10(13)8-5-4-6-9(12)7-8/h4-7,10H,13H2,1-3H3/t10-/m1/s1. The predicted molar refractivity (Wildman–Crippen MR) is 57.8 cm³/mol. The second-order valence-corrected chi connectivity index (χ2v) is 4.84. The van der Waals surface area contributed by atoms with Crippen LogP contribution in [0.15, 0.2) is 24.3 Å². The lowest BCUT2D eigenvalue weighted by atomic mass is 9.83. The minimum Gasteiger partial charge on any atom is -0.324 e. The molecule has 0 radical (unpaired) electrons. The number of hydrogen-bond donors (Lipinski definition) is 1. The Bertz CT molecular complexity index is 288. The zero-order valence-electron chi connectivity index (χ0n) is 8.34. The first kappa shape index (κ1) is 10.6. The minimum atomic E-state index is 0.0335. The highest BCUT2D eigenvalue weighted by atomic mass is 35.5. The van der Waals surface area contributed by atoms with E-state index in [2.05, 4.69) is 20.8 Å². The molecule has 0 aliphatic heterocycles. The number of hydrogen-bond acceptors (Lipinski definition) is 1. The molecule has 0 spiro atoms. The summed E-state index contributed by atoms with van der Waals surface area (Å²) in [5, 5.41) is 0.747. The van der Waals surface area contributed by atoms with E-state index in [1.807, 2.05) is 24.3 Å². The molecule has 0 aliphatic carbocycles. The Kier molecular flexibility index (Phi) is 2.99. The molecule has 2 N–H and O–H groups in total. The molecule has 1 aromatic rings. The SMILES string of the molecule is CC(C)(C)[C@H](N)c1cccc(Cl)c1. The van der Waals surface area contributed by atoms with Gasteiger partial charge in [-0.25, -0.2) is 0 Å². The monoisotopic (exact) mass is 197 g/mol. The van der Waals surface area contributed by atoms with Gasteiger partial charge in [-0.15, -0.1) is 0 Å². The Labute approximate surface area is 84.9 Å². The summed E-state index contributed by atoms with van der Waals surface area (Å²) in [6, 6.07) is 7.77. The van der Waals surface area contributed by atoms with Gasteiger partial charge in [-0.2, -0.15) is 0 Å². The zero-order chi connectivity index (χ0) is 10.1. The van der Waals surface area contributed by atoms with Crippen molar-refractivity contribution in [2.75, 3.05) is 0 Å². The molecular weight excluding hydrogens is 182 g/mol. The van der Waals surface area contributed by atoms with E-state index in [1.165, 1.54) is 0 Å². The summed E-state index contributed by atoms with van der Waals surface area (Å²) in [6.07, 6.45) is 0. The largest absolute Gasteiger partial charge is 0.324 e. The molecule has 0 aromatic heterocycles. The van der Waals surface area contributed by atoms with Crippen LogP contribution in [0.5, 0.6) is 0 Å². The topological polar surface area (TPSA) is 26.0 Å². The molecule has 0 heterocycles. The first-order chi connectivity index (χ1) is 5.91. The second kappa shape index (κ2) is 3.69. The van der Waals surface area contributed by atoms with E-state index in [0.717, 1.165) is 10.6 Å². The lowest BCUT2D eigenvalue weighted by Crippen LogP contribution is -2.26. The molecule has 0 fully saturated rings. The molecule has 0 aliphatic rings. The van der Waals surface area contributed by atoms with Crippen molar-refractivity contribution in [2.24, 2.45) is 11.1 Å². The average molecular weight is 198 g/mol. The van der Waals surface area contributed by atoms with Gasteiger partial charge in [-0.1, -0.05) is 44.5 Å². The van der Waals surface area contributed by atoms with E-state index in [4.69, 9.17) is 17.3 Å². The number of benzene rings is 1. The van der Waals surface area contributed by atoms with Gasteiger partial charge in [0.1, 0.15) is 0 Å². The summed E-state index contributed by atoms with van der Waals surface area (Å²) in [4.78, 5) is 0. The first-order valence-electron chi connectivity index (χ1n) is 4.42. The molecule has 72 valence electrons. The first-order valence-corrected chi connectivity index (χ1v) is 4.80. The van der Waals surface area contributed by atoms with E-state index >= 15 is 0 Å². The van der Waals surface area contributed by atoms with Crippen LogP contribution in [0.1, 0.15) is 32.4 Å². The summed E-state index contributed by atoms with van der Waals surface area (Å²) in [5.41, 5.74) is 7.25. The van der Waals surface area contributed by atoms with Crippen LogP contribution < -0.4 is 5.73 Å². The highest BCUT2D eigenvalue weighted by Gasteiger charge is 2.21. The summed E-state index contributed by atoms with van der Waals surface area (Å²) < 4.78 is 0. The summed E-state index contributed by atoms with van der Waals surface area (Å²) in [7, 11) is 0. The molecule has 1 rings (SSSR count). The highest BCUT2D eigenvalue weighted by molar-refractivity contribution is 6.30. The third kappa shape index (κ3) is 2.71. The van der Waals surface area contributed by atoms with Gasteiger partial charge < -0.3 is 5.73 Å². The molecule has 13 heavy (non-hydrogen) atoms. The smallest absolute Gasteiger partial charge is 0.0409 e. The predicted octanol–water partition coefficient (Wildman–Crippen LogP) is 3.39. The Morgan fingerprint density at radius 3 is 2.38 bits per heavy atom. The van der Waals surface area contributed by atoms with Crippen molar-refractivity contribution < 1.29 is 0 Å². The molecule has 1 nitrogen and oxygen atoms in total. The van der Waals surface area contributed by atoms with Crippen molar-refractivity contribution in [3.8, 4) is 0 Å². The van der Waals surface area contributed by atoms with Crippen LogP contribution in [0, 0.1) is 5.41 Å². The van der Waals surface area contributed by atoms with Crippen LogP contribution >= 0.6 is 11.6 Å².